The van der Waals surface area contributed by atoms with Gasteiger partial charge in [0.1, 0.15) is 5.82 Å². The molecule has 1 aromatic rings. The molecule has 0 spiro atoms. The molecule has 2 rings (SSSR count). The van der Waals surface area contributed by atoms with Crippen LogP contribution in [0.1, 0.15) is 18.1 Å². The van der Waals surface area contributed by atoms with Crippen LogP contribution in [0.15, 0.2) is 18.2 Å². The summed E-state index contributed by atoms with van der Waals surface area (Å²) in [6.45, 7) is 3.54. The van der Waals surface area contributed by atoms with Gasteiger partial charge in [0, 0.05) is 18.7 Å². The van der Waals surface area contributed by atoms with Gasteiger partial charge in [0.05, 0.1) is 11.7 Å². The zero-order chi connectivity index (χ0) is 15.8. The van der Waals surface area contributed by atoms with E-state index in [1.54, 1.807) is 19.9 Å². The van der Waals surface area contributed by atoms with Crippen LogP contribution in [0, 0.1) is 24.6 Å². The molecule has 1 N–H and O–H groups in total. The first kappa shape index (κ1) is 15.9. The topological polar surface area (TPSA) is 74.7 Å². The number of halogens is 1. The summed E-state index contributed by atoms with van der Waals surface area (Å²) in [5, 5.41) is 9.05. The lowest BCUT2D eigenvalue weighted by Crippen LogP contribution is -2.31. The van der Waals surface area contributed by atoms with Crippen LogP contribution in [0.2, 0.25) is 0 Å². The van der Waals surface area contributed by atoms with E-state index in [0.717, 1.165) is 9.87 Å². The van der Waals surface area contributed by atoms with Crippen LogP contribution < -0.4 is 0 Å². The summed E-state index contributed by atoms with van der Waals surface area (Å²) in [4.78, 5) is 11.1. The normalized spacial score (nSPS) is 23.4. The molecular formula is C14H18FNO4S. The Kier molecular flexibility index (Phi) is 4.34. The fourth-order valence-electron chi connectivity index (χ4n) is 2.53. The number of rotatable bonds is 4. The van der Waals surface area contributed by atoms with E-state index in [4.69, 9.17) is 5.11 Å². The molecule has 7 heteroatoms. The standard InChI is InChI=1S/C14H18FNO4S/c1-9-3-4-11(13(15)5-9)8-21(19,20)16-6-10(2)12(7-16)14(17)18/h3-5,10,12H,6-8H2,1-2H3,(H,17,18)/t10-,12-/m1/s1. The Labute approximate surface area is 123 Å². The average molecular weight is 315 g/mol. The Morgan fingerprint density at radius 1 is 1.43 bits per heavy atom. The molecular weight excluding hydrogens is 297 g/mol. The van der Waals surface area contributed by atoms with Gasteiger partial charge >= 0.3 is 5.97 Å². The van der Waals surface area contributed by atoms with Gasteiger partial charge in [-0.3, -0.25) is 4.79 Å². The Balaban J connectivity index is 2.18. The number of hydrogen-bond acceptors (Lipinski definition) is 3. The fraction of sp³-hybridized carbons (Fsp3) is 0.500. The number of aliphatic carboxylic acids is 1. The maximum atomic E-state index is 13.8. The van der Waals surface area contributed by atoms with Gasteiger partial charge in [-0.2, -0.15) is 0 Å². The molecule has 1 saturated heterocycles. The van der Waals surface area contributed by atoms with Gasteiger partial charge in [-0.15, -0.1) is 0 Å². The number of carboxylic acid groups (broad SMARTS) is 1. The van der Waals surface area contributed by atoms with Crippen molar-refractivity contribution in [2.45, 2.75) is 19.6 Å². The van der Waals surface area contributed by atoms with E-state index in [1.807, 2.05) is 0 Å². The van der Waals surface area contributed by atoms with Gasteiger partial charge in [-0.1, -0.05) is 19.1 Å². The van der Waals surface area contributed by atoms with Crippen molar-refractivity contribution >= 4 is 16.0 Å². The lowest BCUT2D eigenvalue weighted by Gasteiger charge is -2.16. The first-order valence-corrected chi connectivity index (χ1v) is 8.27. The quantitative estimate of drug-likeness (QED) is 0.916. The number of hydrogen-bond donors (Lipinski definition) is 1. The highest BCUT2D eigenvalue weighted by molar-refractivity contribution is 7.88. The van der Waals surface area contributed by atoms with Crippen LogP contribution in [-0.4, -0.2) is 36.9 Å². The monoisotopic (exact) mass is 315 g/mol. The molecule has 1 aliphatic rings. The maximum Gasteiger partial charge on any atom is 0.308 e. The molecule has 0 saturated carbocycles. The van der Waals surface area contributed by atoms with Crippen LogP contribution >= 0.6 is 0 Å². The molecule has 0 bridgehead atoms. The molecule has 21 heavy (non-hydrogen) atoms. The summed E-state index contributed by atoms with van der Waals surface area (Å²) in [6, 6.07) is 4.40. The minimum absolute atomic E-state index is 0.0493. The highest BCUT2D eigenvalue weighted by Crippen LogP contribution is 2.27. The van der Waals surface area contributed by atoms with Crippen molar-refractivity contribution in [2.24, 2.45) is 11.8 Å². The third kappa shape index (κ3) is 3.41. The first-order chi connectivity index (χ1) is 9.70. The largest absolute Gasteiger partial charge is 0.481 e. The number of aryl methyl sites for hydroxylation is 1. The van der Waals surface area contributed by atoms with Crippen LogP contribution in [0.5, 0.6) is 0 Å². The van der Waals surface area contributed by atoms with Gasteiger partial charge in [0.25, 0.3) is 0 Å². The van der Waals surface area contributed by atoms with Crippen molar-refractivity contribution in [1.29, 1.82) is 0 Å². The predicted molar refractivity (Wildman–Crippen MR) is 75.6 cm³/mol. The maximum absolute atomic E-state index is 13.8. The zero-order valence-corrected chi connectivity index (χ0v) is 12.7. The van der Waals surface area contributed by atoms with Crippen molar-refractivity contribution < 1.29 is 22.7 Å². The van der Waals surface area contributed by atoms with Crippen LogP contribution in [0.3, 0.4) is 0 Å². The van der Waals surface area contributed by atoms with Gasteiger partial charge in [-0.05, 0) is 24.5 Å². The highest BCUT2D eigenvalue weighted by atomic mass is 32.2. The molecule has 0 aliphatic carbocycles. The molecule has 0 radical (unpaired) electrons. The molecule has 1 aliphatic heterocycles. The predicted octanol–water partition coefficient (Wildman–Crippen LogP) is 1.62. The van der Waals surface area contributed by atoms with Crippen molar-refractivity contribution in [3.63, 3.8) is 0 Å². The lowest BCUT2D eigenvalue weighted by molar-refractivity contribution is -0.142. The van der Waals surface area contributed by atoms with Crippen LogP contribution in [0.25, 0.3) is 0 Å². The van der Waals surface area contributed by atoms with E-state index in [-0.39, 0.29) is 24.6 Å². The van der Waals surface area contributed by atoms with Crippen molar-refractivity contribution in [1.82, 2.24) is 4.31 Å². The summed E-state index contributed by atoms with van der Waals surface area (Å²) in [5.74, 6) is -2.96. The number of nitrogens with zero attached hydrogens (tertiary/aromatic N) is 1. The van der Waals surface area contributed by atoms with Gasteiger partial charge < -0.3 is 5.11 Å². The second kappa shape index (κ2) is 5.73. The summed E-state index contributed by atoms with van der Waals surface area (Å²) in [6.07, 6.45) is 0. The summed E-state index contributed by atoms with van der Waals surface area (Å²) in [7, 11) is -3.72. The molecule has 5 nitrogen and oxygen atoms in total. The van der Waals surface area contributed by atoms with E-state index in [0.29, 0.717) is 0 Å². The van der Waals surface area contributed by atoms with E-state index in [1.165, 1.54) is 12.1 Å². The van der Waals surface area contributed by atoms with E-state index in [9.17, 15) is 17.6 Å². The molecule has 1 heterocycles. The highest BCUT2D eigenvalue weighted by Gasteiger charge is 2.40. The third-order valence-electron chi connectivity index (χ3n) is 3.84. The molecule has 0 amide bonds. The summed E-state index contributed by atoms with van der Waals surface area (Å²) < 4.78 is 39.6. The SMILES string of the molecule is Cc1ccc(CS(=O)(=O)N2C[C@@H](C)[C@H](C(=O)O)C2)c(F)c1. The average Bonchev–Trinajstić information content (AvgIpc) is 2.76. The van der Waals surface area contributed by atoms with Crippen LogP contribution in [-0.2, 0) is 20.6 Å². The zero-order valence-electron chi connectivity index (χ0n) is 11.9. The van der Waals surface area contributed by atoms with E-state index < -0.39 is 33.5 Å². The Morgan fingerprint density at radius 3 is 2.62 bits per heavy atom. The molecule has 0 unspecified atom stereocenters. The van der Waals surface area contributed by atoms with Crippen molar-refractivity contribution in [3.8, 4) is 0 Å². The third-order valence-corrected chi connectivity index (χ3v) is 5.60. The first-order valence-electron chi connectivity index (χ1n) is 6.66. The van der Waals surface area contributed by atoms with Gasteiger partial charge in [0.15, 0.2) is 0 Å². The van der Waals surface area contributed by atoms with Crippen LogP contribution in [0.4, 0.5) is 4.39 Å². The fourth-order valence-corrected chi connectivity index (χ4v) is 4.19. The minimum Gasteiger partial charge on any atom is -0.481 e. The molecule has 116 valence electrons. The lowest BCUT2D eigenvalue weighted by atomic mass is 9.99. The Morgan fingerprint density at radius 2 is 2.10 bits per heavy atom. The van der Waals surface area contributed by atoms with Gasteiger partial charge in [-0.25, -0.2) is 17.1 Å². The molecule has 1 aromatic carbocycles. The number of sulfonamides is 1. The summed E-state index contributed by atoms with van der Waals surface area (Å²) >= 11 is 0. The van der Waals surface area contributed by atoms with Crippen molar-refractivity contribution in [2.75, 3.05) is 13.1 Å². The number of benzene rings is 1. The Hall–Kier alpha value is -1.47. The van der Waals surface area contributed by atoms with E-state index in [2.05, 4.69) is 0 Å². The smallest absolute Gasteiger partial charge is 0.308 e. The summed E-state index contributed by atoms with van der Waals surface area (Å²) in [5.41, 5.74) is 0.821. The number of carbonyl (C=O) groups is 1. The molecule has 1 fully saturated rings. The molecule has 0 aromatic heterocycles. The van der Waals surface area contributed by atoms with E-state index >= 15 is 0 Å². The van der Waals surface area contributed by atoms with Crippen molar-refractivity contribution in [3.05, 3.63) is 35.1 Å². The second-order valence-electron chi connectivity index (χ2n) is 5.59. The number of carboxylic acids is 1. The molecule has 2 atom stereocenters. The second-order valence-corrected chi connectivity index (χ2v) is 7.56. The minimum atomic E-state index is -3.72. The van der Waals surface area contributed by atoms with Gasteiger partial charge in [0.2, 0.25) is 10.0 Å². The Bertz CT molecular complexity index is 659.